The van der Waals surface area contributed by atoms with Crippen LogP contribution in [0.4, 0.5) is 26.3 Å². The molecule has 0 saturated heterocycles. The van der Waals surface area contributed by atoms with Gasteiger partial charge in [0.15, 0.2) is 0 Å². The van der Waals surface area contributed by atoms with Crippen molar-refractivity contribution in [3.8, 4) is 0 Å². The summed E-state index contributed by atoms with van der Waals surface area (Å²) in [5.74, 6) is -0.440. The molecule has 3 rings (SSSR count). The zero-order valence-corrected chi connectivity index (χ0v) is 17.6. The Bertz CT molecular complexity index is 1160. The molecule has 1 atom stereocenters. The smallest absolute Gasteiger partial charge is 0.331 e. The van der Waals surface area contributed by atoms with Crippen LogP contribution in [0.5, 0.6) is 0 Å². The quantitative estimate of drug-likeness (QED) is 0.340. The van der Waals surface area contributed by atoms with Crippen molar-refractivity contribution in [3.63, 3.8) is 0 Å². The molecule has 1 aromatic heterocycles. The Hall–Kier alpha value is -3.76. The van der Waals surface area contributed by atoms with E-state index >= 15 is 0 Å². The lowest BCUT2D eigenvalue weighted by atomic mass is 10.0. The lowest BCUT2D eigenvalue weighted by Crippen LogP contribution is -2.39. The molecule has 11 heteroatoms. The van der Waals surface area contributed by atoms with Gasteiger partial charge in [0.05, 0.1) is 17.7 Å². The number of pyridine rings is 1. The summed E-state index contributed by atoms with van der Waals surface area (Å²) in [7, 11) is 0. The molecule has 0 fully saturated rings. The number of aliphatic imine (C=N–C) groups is 1. The van der Waals surface area contributed by atoms with E-state index in [0.29, 0.717) is 11.1 Å². The Morgan fingerprint density at radius 3 is 2.24 bits per heavy atom. The van der Waals surface area contributed by atoms with Gasteiger partial charge in [0, 0.05) is 17.5 Å². The molecule has 0 bridgehead atoms. The molecule has 2 N–H and O–H groups in total. The summed E-state index contributed by atoms with van der Waals surface area (Å²) in [6.45, 7) is 1.51. The second-order valence-electron chi connectivity index (χ2n) is 7.41. The predicted molar refractivity (Wildman–Crippen MR) is 114 cm³/mol. The van der Waals surface area contributed by atoms with Gasteiger partial charge < -0.3 is 10.7 Å². The van der Waals surface area contributed by atoms with Crippen molar-refractivity contribution in [3.05, 3.63) is 83.2 Å². The van der Waals surface area contributed by atoms with Gasteiger partial charge in [-0.1, -0.05) is 18.2 Å². The first-order valence-corrected chi connectivity index (χ1v) is 9.85. The molecule has 0 spiro atoms. The summed E-state index contributed by atoms with van der Waals surface area (Å²) in [4.78, 5) is 20.0. The monoisotopic (exact) mass is 480 g/mol. The number of aromatic nitrogens is 1. The number of rotatable bonds is 5. The number of amides is 1. The minimum Gasteiger partial charge on any atom is -0.331 e. The summed E-state index contributed by atoms with van der Waals surface area (Å²) < 4.78 is 77.0. The van der Waals surface area contributed by atoms with E-state index in [1.54, 1.807) is 0 Å². The number of hydrogen-bond donors (Lipinski definition) is 2. The normalized spacial score (nSPS) is 17.5. The van der Waals surface area contributed by atoms with Crippen LogP contribution in [0.3, 0.4) is 0 Å². The third kappa shape index (κ3) is 6.40. The van der Waals surface area contributed by atoms with Crippen molar-refractivity contribution >= 4 is 22.9 Å². The van der Waals surface area contributed by atoms with Crippen LogP contribution in [-0.4, -0.2) is 28.5 Å². The average molecular weight is 480 g/mol. The highest BCUT2D eigenvalue weighted by molar-refractivity contribution is 6.12. The van der Waals surface area contributed by atoms with E-state index in [2.05, 4.69) is 15.3 Å². The fourth-order valence-electron chi connectivity index (χ4n) is 3.09. The highest BCUT2D eigenvalue weighted by Crippen LogP contribution is 2.31. The Morgan fingerprint density at radius 1 is 1.03 bits per heavy atom. The number of allylic oxidation sites excluding steroid dienone is 3. The van der Waals surface area contributed by atoms with Crippen LogP contribution in [-0.2, 0) is 17.1 Å². The molecule has 178 valence electrons. The predicted octanol–water partition coefficient (Wildman–Crippen LogP) is 5.43. The molecule has 5 nitrogen and oxygen atoms in total. The fraction of sp³-hybridized carbons (Fsp3) is 0.217. The third-order valence-electron chi connectivity index (χ3n) is 4.71. The van der Waals surface area contributed by atoms with Gasteiger partial charge >= 0.3 is 12.4 Å². The molecular weight excluding hydrogens is 462 g/mol. The summed E-state index contributed by atoms with van der Waals surface area (Å²) in [6, 6.07) is 6.30. The van der Waals surface area contributed by atoms with E-state index < -0.39 is 35.7 Å². The zero-order chi connectivity index (χ0) is 25.1. The van der Waals surface area contributed by atoms with Gasteiger partial charge in [0.2, 0.25) is 5.91 Å². The SMILES string of the molecule is CC(=N)C=CC(=CC1N=C(c2ccc(C(F)(F)F)nc2)CC(=O)N1)c1ccc(C(F)(F)F)cc1. The van der Waals surface area contributed by atoms with Gasteiger partial charge in [0.1, 0.15) is 11.9 Å². The Labute approximate surface area is 190 Å². The standard InChI is InChI=1S/C23H18F6N4O/c1-13(30)2-3-15(14-4-7-17(8-5-14)22(24,25)26)10-20-32-18(11-21(34)33-20)16-6-9-19(31-12-16)23(27,28)29/h2-10,12,20,30H,11H2,1H3,(H,33,34). The zero-order valence-electron chi connectivity index (χ0n) is 17.6. The van der Waals surface area contributed by atoms with Gasteiger partial charge in [-0.05, 0) is 54.5 Å². The van der Waals surface area contributed by atoms with Crippen LogP contribution >= 0.6 is 0 Å². The maximum atomic E-state index is 12.9. The van der Waals surface area contributed by atoms with E-state index in [9.17, 15) is 31.1 Å². The van der Waals surface area contributed by atoms with Crippen LogP contribution in [0.2, 0.25) is 0 Å². The second kappa shape index (κ2) is 9.62. The van der Waals surface area contributed by atoms with E-state index in [-0.39, 0.29) is 23.4 Å². The topological polar surface area (TPSA) is 78.2 Å². The highest BCUT2D eigenvalue weighted by Gasteiger charge is 2.32. The maximum absolute atomic E-state index is 12.9. The molecule has 34 heavy (non-hydrogen) atoms. The molecule has 1 aromatic carbocycles. The number of alkyl halides is 6. The van der Waals surface area contributed by atoms with Crippen LogP contribution in [0.25, 0.3) is 5.57 Å². The number of nitrogens with zero attached hydrogens (tertiary/aromatic N) is 2. The molecule has 0 saturated carbocycles. The molecule has 0 radical (unpaired) electrons. The van der Waals surface area contributed by atoms with Crippen molar-refractivity contribution in [2.45, 2.75) is 31.9 Å². The summed E-state index contributed by atoms with van der Waals surface area (Å²) in [5, 5.41) is 10.2. The molecule has 1 aliphatic rings. The van der Waals surface area contributed by atoms with Gasteiger partial charge in [-0.2, -0.15) is 26.3 Å². The number of nitrogens with one attached hydrogen (secondary N) is 2. The molecule has 1 amide bonds. The fourth-order valence-corrected chi connectivity index (χ4v) is 3.09. The third-order valence-corrected chi connectivity index (χ3v) is 4.71. The molecule has 0 aliphatic carbocycles. The van der Waals surface area contributed by atoms with Gasteiger partial charge in [-0.25, -0.2) is 0 Å². The van der Waals surface area contributed by atoms with Crippen molar-refractivity contribution in [2.24, 2.45) is 4.99 Å². The maximum Gasteiger partial charge on any atom is 0.433 e. The van der Waals surface area contributed by atoms with Crippen molar-refractivity contribution < 1.29 is 31.1 Å². The van der Waals surface area contributed by atoms with E-state index in [1.165, 1.54) is 43.4 Å². The van der Waals surface area contributed by atoms with E-state index in [0.717, 1.165) is 24.4 Å². The molecule has 2 aromatic rings. The largest absolute Gasteiger partial charge is 0.433 e. The first-order chi connectivity index (χ1) is 15.8. The first-order valence-electron chi connectivity index (χ1n) is 9.85. The van der Waals surface area contributed by atoms with E-state index in [4.69, 9.17) is 5.41 Å². The van der Waals surface area contributed by atoms with Crippen molar-refractivity contribution in [1.29, 1.82) is 5.41 Å². The minimum absolute atomic E-state index is 0.178. The van der Waals surface area contributed by atoms with Crippen LogP contribution in [0.1, 0.15) is 35.7 Å². The van der Waals surface area contributed by atoms with Gasteiger partial charge in [0.25, 0.3) is 0 Å². The number of halogens is 6. The molecular formula is C23H18F6N4O. The van der Waals surface area contributed by atoms with Crippen LogP contribution in [0, 0.1) is 5.41 Å². The lowest BCUT2D eigenvalue weighted by molar-refractivity contribution is -0.141. The summed E-state index contributed by atoms with van der Waals surface area (Å²) in [6.07, 6.45) is -4.83. The Kier molecular flexibility index (Phi) is 7.04. The number of benzene rings is 1. The number of carbonyl (C=O) groups excluding carboxylic acids is 1. The minimum atomic E-state index is -4.61. The van der Waals surface area contributed by atoms with Gasteiger partial charge in [-0.15, -0.1) is 0 Å². The lowest BCUT2D eigenvalue weighted by Gasteiger charge is -2.21. The van der Waals surface area contributed by atoms with Crippen LogP contribution < -0.4 is 5.32 Å². The van der Waals surface area contributed by atoms with E-state index in [1.807, 2.05) is 0 Å². The highest BCUT2D eigenvalue weighted by atomic mass is 19.4. The Morgan fingerprint density at radius 2 is 1.71 bits per heavy atom. The number of hydrogen-bond acceptors (Lipinski definition) is 4. The van der Waals surface area contributed by atoms with Gasteiger partial charge in [-0.3, -0.25) is 14.8 Å². The molecule has 2 heterocycles. The summed E-state index contributed by atoms with van der Waals surface area (Å²) >= 11 is 0. The van der Waals surface area contributed by atoms with Crippen molar-refractivity contribution in [2.75, 3.05) is 0 Å². The number of carbonyl (C=O) groups is 1. The molecule has 1 aliphatic heterocycles. The second-order valence-corrected chi connectivity index (χ2v) is 7.41. The first kappa shape index (κ1) is 24.9. The Balaban J connectivity index is 1.97. The molecule has 1 unspecified atom stereocenters. The summed E-state index contributed by atoms with van der Waals surface area (Å²) in [5.41, 5.74) is -0.493. The van der Waals surface area contributed by atoms with Crippen molar-refractivity contribution in [1.82, 2.24) is 10.3 Å². The van der Waals surface area contributed by atoms with Crippen LogP contribution in [0.15, 0.2) is 65.8 Å². The average Bonchev–Trinajstić information content (AvgIpc) is 2.75.